The Balaban J connectivity index is 2.20. The minimum absolute atomic E-state index is 0.0795. The second-order valence-electron chi connectivity index (χ2n) is 4.80. The summed E-state index contributed by atoms with van der Waals surface area (Å²) in [6, 6.07) is 4.81. The van der Waals surface area contributed by atoms with E-state index in [1.165, 1.54) is 6.07 Å². The fourth-order valence-electron chi connectivity index (χ4n) is 1.99. The van der Waals surface area contributed by atoms with Gasteiger partial charge in [-0.3, -0.25) is 10.1 Å². The quantitative estimate of drug-likeness (QED) is 0.684. The first kappa shape index (κ1) is 14.7. The molecule has 7 heteroatoms. The van der Waals surface area contributed by atoms with Gasteiger partial charge in [0.15, 0.2) is 5.82 Å². The van der Waals surface area contributed by atoms with Crippen LogP contribution in [0.25, 0.3) is 0 Å². The SMILES string of the molecule is Cc1cc(N)nc(COc2cc(C)c([N+](=O)[O-])cc2C)n1. The Morgan fingerprint density at radius 3 is 2.52 bits per heavy atom. The highest BCUT2D eigenvalue weighted by Crippen LogP contribution is 2.28. The van der Waals surface area contributed by atoms with Gasteiger partial charge in [-0.25, -0.2) is 9.97 Å². The van der Waals surface area contributed by atoms with Crippen molar-refractivity contribution >= 4 is 11.5 Å². The van der Waals surface area contributed by atoms with E-state index < -0.39 is 4.92 Å². The number of nitrogens with two attached hydrogens (primary N) is 1. The summed E-state index contributed by atoms with van der Waals surface area (Å²) in [5.74, 6) is 1.43. The summed E-state index contributed by atoms with van der Waals surface area (Å²) in [7, 11) is 0. The predicted octanol–water partition coefficient (Wildman–Crippen LogP) is 2.47. The average molecular weight is 288 g/mol. The summed E-state index contributed by atoms with van der Waals surface area (Å²) in [6.45, 7) is 5.41. The van der Waals surface area contributed by atoms with Crippen LogP contribution >= 0.6 is 0 Å². The van der Waals surface area contributed by atoms with Crippen LogP contribution in [0, 0.1) is 30.9 Å². The van der Waals surface area contributed by atoms with E-state index in [1.54, 1.807) is 26.0 Å². The molecule has 7 nitrogen and oxygen atoms in total. The summed E-state index contributed by atoms with van der Waals surface area (Å²) in [4.78, 5) is 18.8. The van der Waals surface area contributed by atoms with Gasteiger partial charge in [0.2, 0.25) is 0 Å². The summed E-state index contributed by atoms with van der Waals surface area (Å²) in [6.07, 6.45) is 0. The lowest BCUT2D eigenvalue weighted by Gasteiger charge is -2.10. The highest BCUT2D eigenvalue weighted by atomic mass is 16.6. The zero-order valence-corrected chi connectivity index (χ0v) is 12.1. The molecular weight excluding hydrogens is 272 g/mol. The van der Waals surface area contributed by atoms with Gasteiger partial charge in [-0.05, 0) is 32.4 Å². The van der Waals surface area contributed by atoms with Crippen LogP contribution < -0.4 is 10.5 Å². The van der Waals surface area contributed by atoms with Crippen LogP contribution in [0.1, 0.15) is 22.6 Å². The maximum Gasteiger partial charge on any atom is 0.272 e. The predicted molar refractivity (Wildman–Crippen MR) is 78.1 cm³/mol. The topological polar surface area (TPSA) is 104 Å². The van der Waals surface area contributed by atoms with Gasteiger partial charge in [0.1, 0.15) is 18.2 Å². The number of anilines is 1. The van der Waals surface area contributed by atoms with E-state index >= 15 is 0 Å². The number of nitrogen functional groups attached to an aromatic ring is 1. The second kappa shape index (κ2) is 5.74. The van der Waals surface area contributed by atoms with E-state index in [2.05, 4.69) is 9.97 Å². The number of ether oxygens (including phenoxy) is 1. The van der Waals surface area contributed by atoms with Crippen molar-refractivity contribution in [1.29, 1.82) is 0 Å². The van der Waals surface area contributed by atoms with Crippen LogP contribution in [0.5, 0.6) is 5.75 Å². The standard InChI is InChI=1S/C14H16N4O3/c1-8-5-12(9(2)4-11(8)18(19)20)21-7-14-16-10(3)6-13(15)17-14/h4-6H,7H2,1-3H3,(H2,15,16,17). The number of hydrogen-bond donors (Lipinski definition) is 1. The molecule has 0 radical (unpaired) electrons. The molecule has 0 fully saturated rings. The Morgan fingerprint density at radius 2 is 1.90 bits per heavy atom. The summed E-state index contributed by atoms with van der Waals surface area (Å²) in [5, 5.41) is 10.9. The summed E-state index contributed by atoms with van der Waals surface area (Å²) < 4.78 is 5.65. The Labute approximate surface area is 121 Å². The molecule has 2 N–H and O–H groups in total. The van der Waals surface area contributed by atoms with Crippen LogP contribution in [0.3, 0.4) is 0 Å². The number of aryl methyl sites for hydroxylation is 3. The van der Waals surface area contributed by atoms with Gasteiger partial charge in [0, 0.05) is 23.4 Å². The van der Waals surface area contributed by atoms with Gasteiger partial charge in [-0.15, -0.1) is 0 Å². The number of hydrogen-bond acceptors (Lipinski definition) is 6. The maximum absolute atomic E-state index is 10.9. The fraction of sp³-hybridized carbons (Fsp3) is 0.286. The summed E-state index contributed by atoms with van der Waals surface area (Å²) in [5.41, 5.74) is 7.73. The molecule has 2 aromatic rings. The highest BCUT2D eigenvalue weighted by Gasteiger charge is 2.14. The van der Waals surface area contributed by atoms with Crippen LogP contribution in [0.15, 0.2) is 18.2 Å². The van der Waals surface area contributed by atoms with Crippen molar-refractivity contribution < 1.29 is 9.66 Å². The Kier molecular flexibility index (Phi) is 4.02. The van der Waals surface area contributed by atoms with E-state index in [1.807, 2.05) is 6.92 Å². The minimum Gasteiger partial charge on any atom is -0.485 e. The number of nitro benzene ring substituents is 1. The molecule has 0 saturated carbocycles. The molecule has 0 spiro atoms. The van der Waals surface area contributed by atoms with E-state index in [4.69, 9.17) is 10.5 Å². The molecular formula is C14H16N4O3. The zero-order valence-electron chi connectivity index (χ0n) is 12.1. The molecule has 2 rings (SSSR count). The molecule has 0 atom stereocenters. The third-order valence-corrected chi connectivity index (χ3v) is 2.97. The number of aromatic nitrogens is 2. The highest BCUT2D eigenvalue weighted by molar-refractivity contribution is 5.49. The number of nitro groups is 1. The molecule has 1 aromatic heterocycles. The molecule has 0 bridgehead atoms. The van der Waals surface area contributed by atoms with Crippen molar-refractivity contribution in [3.05, 3.63) is 51.0 Å². The Morgan fingerprint density at radius 1 is 1.19 bits per heavy atom. The first-order valence-corrected chi connectivity index (χ1v) is 6.35. The van der Waals surface area contributed by atoms with Crippen molar-refractivity contribution in [2.75, 3.05) is 5.73 Å². The lowest BCUT2D eigenvalue weighted by atomic mass is 10.1. The zero-order chi connectivity index (χ0) is 15.6. The molecule has 0 aliphatic carbocycles. The van der Waals surface area contributed by atoms with Crippen molar-refractivity contribution in [1.82, 2.24) is 9.97 Å². The molecule has 110 valence electrons. The minimum atomic E-state index is -0.406. The normalized spacial score (nSPS) is 10.4. The largest absolute Gasteiger partial charge is 0.485 e. The van der Waals surface area contributed by atoms with Gasteiger partial charge in [-0.1, -0.05) is 0 Å². The molecule has 0 unspecified atom stereocenters. The Hall–Kier alpha value is -2.70. The number of nitrogens with zero attached hydrogens (tertiary/aromatic N) is 3. The van der Waals surface area contributed by atoms with Gasteiger partial charge < -0.3 is 10.5 Å². The van der Waals surface area contributed by atoms with Gasteiger partial charge in [0.25, 0.3) is 5.69 Å². The molecule has 0 saturated heterocycles. The molecule has 1 heterocycles. The molecule has 0 aliphatic rings. The summed E-state index contributed by atoms with van der Waals surface area (Å²) >= 11 is 0. The van der Waals surface area contributed by atoms with E-state index in [9.17, 15) is 10.1 Å². The van der Waals surface area contributed by atoms with Gasteiger partial charge in [0.05, 0.1) is 4.92 Å². The molecule has 0 aliphatic heterocycles. The fourth-order valence-corrected chi connectivity index (χ4v) is 1.99. The third-order valence-electron chi connectivity index (χ3n) is 2.97. The Bertz CT molecular complexity index is 681. The van der Waals surface area contributed by atoms with Crippen LogP contribution in [-0.2, 0) is 6.61 Å². The maximum atomic E-state index is 10.9. The van der Waals surface area contributed by atoms with E-state index in [0.29, 0.717) is 28.5 Å². The molecule has 1 aromatic carbocycles. The van der Waals surface area contributed by atoms with E-state index in [0.717, 1.165) is 5.69 Å². The lowest BCUT2D eigenvalue weighted by molar-refractivity contribution is -0.385. The third kappa shape index (κ3) is 3.44. The molecule has 21 heavy (non-hydrogen) atoms. The van der Waals surface area contributed by atoms with Crippen molar-refractivity contribution in [3.8, 4) is 5.75 Å². The van der Waals surface area contributed by atoms with Crippen molar-refractivity contribution in [2.24, 2.45) is 0 Å². The first-order valence-electron chi connectivity index (χ1n) is 6.35. The van der Waals surface area contributed by atoms with Gasteiger partial charge in [-0.2, -0.15) is 0 Å². The van der Waals surface area contributed by atoms with Crippen molar-refractivity contribution in [2.45, 2.75) is 27.4 Å². The van der Waals surface area contributed by atoms with E-state index in [-0.39, 0.29) is 12.3 Å². The van der Waals surface area contributed by atoms with Crippen LogP contribution in [-0.4, -0.2) is 14.9 Å². The first-order chi connectivity index (χ1) is 9.86. The monoisotopic (exact) mass is 288 g/mol. The second-order valence-corrected chi connectivity index (χ2v) is 4.80. The van der Waals surface area contributed by atoms with Crippen molar-refractivity contribution in [3.63, 3.8) is 0 Å². The van der Waals surface area contributed by atoms with Gasteiger partial charge >= 0.3 is 0 Å². The van der Waals surface area contributed by atoms with Crippen LogP contribution in [0.4, 0.5) is 11.5 Å². The smallest absolute Gasteiger partial charge is 0.272 e. The number of rotatable bonds is 4. The lowest BCUT2D eigenvalue weighted by Crippen LogP contribution is -2.06. The van der Waals surface area contributed by atoms with Crippen LogP contribution in [0.2, 0.25) is 0 Å². The molecule has 0 amide bonds. The average Bonchev–Trinajstić information content (AvgIpc) is 2.38. The number of benzene rings is 1.